The molecule has 25 heavy (non-hydrogen) atoms. The summed E-state index contributed by atoms with van der Waals surface area (Å²) in [7, 11) is 0. The lowest BCUT2D eigenvalue weighted by Gasteiger charge is -2.04. The van der Waals surface area contributed by atoms with E-state index in [0.29, 0.717) is 5.75 Å². The molecule has 0 bridgehead atoms. The van der Waals surface area contributed by atoms with Crippen molar-refractivity contribution in [2.24, 2.45) is 0 Å². The predicted octanol–water partition coefficient (Wildman–Crippen LogP) is 5.70. The van der Waals surface area contributed by atoms with Crippen molar-refractivity contribution in [3.63, 3.8) is 0 Å². The van der Waals surface area contributed by atoms with Gasteiger partial charge in [0.15, 0.2) is 5.78 Å². The number of ketones is 1. The number of rotatable bonds is 6. The van der Waals surface area contributed by atoms with Crippen molar-refractivity contribution >= 4 is 29.0 Å². The largest absolute Gasteiger partial charge is 0.465 e. The number of benzene rings is 1. The van der Waals surface area contributed by atoms with Crippen molar-refractivity contribution in [2.75, 3.05) is 0 Å². The number of hydrogen-bond donors (Lipinski definition) is 0. The molecule has 2 aromatic rings. The van der Waals surface area contributed by atoms with E-state index < -0.39 is 5.78 Å². The average Bonchev–Trinajstić information content (AvgIpc) is 2.64. The number of Topliss-reactive ketones (excluding diaryl/α,β-unsaturated/α-hetero) is 1. The molecule has 6 heteroatoms. The molecule has 0 atom stereocenters. The van der Waals surface area contributed by atoms with Crippen molar-refractivity contribution in [3.05, 3.63) is 89.2 Å². The van der Waals surface area contributed by atoms with Crippen molar-refractivity contribution in [2.45, 2.75) is 13.8 Å². The van der Waals surface area contributed by atoms with Crippen LogP contribution in [0.2, 0.25) is 10.3 Å². The molecule has 4 nitrogen and oxygen atoms in total. The quantitative estimate of drug-likeness (QED) is 0.213. The molecule has 0 aliphatic rings. The lowest BCUT2D eigenvalue weighted by atomic mass is 10.1. The molecule has 0 N–H and O–H groups in total. The van der Waals surface area contributed by atoms with Gasteiger partial charge in [0.1, 0.15) is 22.4 Å². The van der Waals surface area contributed by atoms with Crippen LogP contribution in [0.3, 0.4) is 0 Å². The van der Waals surface area contributed by atoms with Gasteiger partial charge in [-0.2, -0.15) is 0 Å². The summed E-state index contributed by atoms with van der Waals surface area (Å²) in [4.78, 5) is 19.9. The first-order valence-electron chi connectivity index (χ1n) is 7.55. The number of carbonyl (C=O) groups is 1. The lowest BCUT2D eigenvalue weighted by molar-refractivity contribution is 0.103. The summed E-state index contributed by atoms with van der Waals surface area (Å²) >= 11 is 11.8. The lowest BCUT2D eigenvalue weighted by Crippen LogP contribution is -2.05. The highest BCUT2D eigenvalue weighted by Crippen LogP contribution is 2.23. The van der Waals surface area contributed by atoms with E-state index in [4.69, 9.17) is 27.9 Å². The van der Waals surface area contributed by atoms with Crippen LogP contribution in [0.4, 0.5) is 0 Å². The molecule has 0 amide bonds. The van der Waals surface area contributed by atoms with Gasteiger partial charge in [0.25, 0.3) is 0 Å². The van der Waals surface area contributed by atoms with Crippen molar-refractivity contribution < 1.29 is 9.53 Å². The molecular formula is C19H18Cl2N2O2. The summed E-state index contributed by atoms with van der Waals surface area (Å²) in [6, 6.07) is 9.23. The molecule has 0 aliphatic carbocycles. The van der Waals surface area contributed by atoms with Crippen LogP contribution >= 0.6 is 23.2 Å². The van der Waals surface area contributed by atoms with Crippen LogP contribution in [0, 0.1) is 0 Å². The molecule has 0 saturated carbocycles. The van der Waals surface area contributed by atoms with Gasteiger partial charge in [0.2, 0.25) is 0 Å². The number of hydrogen-bond acceptors (Lipinski definition) is 4. The molecule has 0 aliphatic heterocycles. The standard InChI is InChI=1S/C17H12Cl2N2O2.C2H6/c1-2-12(7-6-10-23-13-8-4-3-5-9-13)15(22)14-16(18)20-11-21-17(14)19;1-2/h2-11H,1H2;1-2H3/b10-6+,12-7+;. The van der Waals surface area contributed by atoms with Crippen LogP contribution in [0.15, 0.2) is 73.3 Å². The number of halogens is 2. The van der Waals surface area contributed by atoms with Crippen molar-refractivity contribution in [3.8, 4) is 5.75 Å². The van der Waals surface area contributed by atoms with Gasteiger partial charge in [-0.1, -0.05) is 67.9 Å². The van der Waals surface area contributed by atoms with Crippen molar-refractivity contribution in [1.82, 2.24) is 9.97 Å². The number of para-hydroxylation sites is 1. The smallest absolute Gasteiger partial charge is 0.199 e. The highest BCUT2D eigenvalue weighted by molar-refractivity contribution is 6.39. The summed E-state index contributed by atoms with van der Waals surface area (Å²) in [5.41, 5.74) is 0.330. The Morgan fingerprint density at radius 1 is 1.12 bits per heavy atom. The Bertz CT molecular complexity index is 752. The maximum atomic E-state index is 12.4. The minimum Gasteiger partial charge on any atom is -0.465 e. The minimum atomic E-state index is -0.417. The van der Waals surface area contributed by atoms with Gasteiger partial charge in [-0.05, 0) is 24.3 Å². The van der Waals surface area contributed by atoms with E-state index in [1.54, 1.807) is 6.08 Å². The zero-order valence-corrected chi connectivity index (χ0v) is 15.5. The molecule has 2 rings (SSSR count). The van der Waals surface area contributed by atoms with Crippen LogP contribution in [-0.4, -0.2) is 15.8 Å². The highest BCUT2D eigenvalue weighted by Gasteiger charge is 2.18. The maximum Gasteiger partial charge on any atom is 0.199 e. The van der Waals surface area contributed by atoms with Gasteiger partial charge >= 0.3 is 0 Å². The van der Waals surface area contributed by atoms with E-state index in [1.807, 2.05) is 44.2 Å². The second kappa shape index (κ2) is 11.2. The summed E-state index contributed by atoms with van der Waals surface area (Å²) in [5.74, 6) is 0.270. The summed E-state index contributed by atoms with van der Waals surface area (Å²) in [6.45, 7) is 7.61. The first-order valence-corrected chi connectivity index (χ1v) is 8.30. The molecule has 0 saturated heterocycles. The van der Waals surface area contributed by atoms with Crippen molar-refractivity contribution in [1.29, 1.82) is 0 Å². The second-order valence-corrected chi connectivity index (χ2v) is 4.96. The Balaban J connectivity index is 0.00000151. The number of carbonyl (C=O) groups excluding carboxylic acids is 1. The molecule has 0 spiro atoms. The molecule has 1 heterocycles. The van der Waals surface area contributed by atoms with Crippen LogP contribution in [0.1, 0.15) is 24.2 Å². The third kappa shape index (κ3) is 6.18. The highest BCUT2D eigenvalue weighted by atomic mass is 35.5. The first-order chi connectivity index (χ1) is 12.1. The molecule has 0 radical (unpaired) electrons. The normalized spacial score (nSPS) is 10.8. The summed E-state index contributed by atoms with van der Waals surface area (Å²) in [5, 5.41) is -0.0143. The summed E-state index contributed by atoms with van der Waals surface area (Å²) in [6.07, 6.45) is 7.16. The average molecular weight is 377 g/mol. The van der Waals surface area contributed by atoms with E-state index in [0.717, 1.165) is 0 Å². The third-order valence-corrected chi connectivity index (χ3v) is 3.34. The van der Waals surface area contributed by atoms with E-state index in [9.17, 15) is 4.79 Å². The Morgan fingerprint density at radius 3 is 2.28 bits per heavy atom. The van der Waals surface area contributed by atoms with E-state index >= 15 is 0 Å². The van der Waals surface area contributed by atoms with Gasteiger partial charge in [-0.15, -0.1) is 0 Å². The monoisotopic (exact) mass is 376 g/mol. The van der Waals surface area contributed by atoms with Gasteiger partial charge in [-0.3, -0.25) is 4.79 Å². The molecule has 0 unspecified atom stereocenters. The number of aromatic nitrogens is 2. The van der Waals surface area contributed by atoms with Gasteiger partial charge in [-0.25, -0.2) is 9.97 Å². The zero-order chi connectivity index (χ0) is 18.7. The Kier molecular flexibility index (Phi) is 9.22. The number of ether oxygens (including phenoxy) is 1. The fraction of sp³-hybridized carbons (Fsp3) is 0.105. The number of nitrogens with zero attached hydrogens (tertiary/aromatic N) is 2. The molecule has 130 valence electrons. The molecule has 1 aromatic carbocycles. The SMILES string of the molecule is C=C/C(=C\C=C\Oc1ccccc1)C(=O)c1c(Cl)ncnc1Cl.CC. The van der Waals surface area contributed by atoms with Crippen LogP contribution < -0.4 is 4.74 Å². The second-order valence-electron chi connectivity index (χ2n) is 4.24. The minimum absolute atomic E-state index is 0.00716. The molecule has 1 aromatic heterocycles. The van der Waals surface area contributed by atoms with Crippen LogP contribution in [0.5, 0.6) is 5.75 Å². The Hall–Kier alpha value is -2.43. The molecule has 0 fully saturated rings. The van der Waals surface area contributed by atoms with Gasteiger partial charge < -0.3 is 4.74 Å². The topological polar surface area (TPSA) is 52.1 Å². The third-order valence-electron chi connectivity index (χ3n) is 2.77. The molecular weight excluding hydrogens is 359 g/mol. The summed E-state index contributed by atoms with van der Waals surface area (Å²) < 4.78 is 5.39. The van der Waals surface area contributed by atoms with Crippen LogP contribution in [0.25, 0.3) is 0 Å². The fourth-order valence-corrected chi connectivity index (χ4v) is 2.16. The van der Waals surface area contributed by atoms with Crippen LogP contribution in [-0.2, 0) is 0 Å². The van der Waals surface area contributed by atoms with Gasteiger partial charge in [0.05, 0.1) is 11.8 Å². The Labute approximate surface area is 157 Å². The zero-order valence-electron chi connectivity index (χ0n) is 13.9. The number of allylic oxidation sites excluding steroid dienone is 4. The van der Waals surface area contributed by atoms with E-state index in [-0.39, 0.29) is 21.4 Å². The van der Waals surface area contributed by atoms with Gasteiger partial charge in [0, 0.05) is 5.57 Å². The van der Waals surface area contributed by atoms with E-state index in [1.165, 1.54) is 24.7 Å². The predicted molar refractivity (Wildman–Crippen MR) is 102 cm³/mol. The Morgan fingerprint density at radius 2 is 1.72 bits per heavy atom. The first kappa shape index (κ1) is 20.6. The fourth-order valence-electron chi connectivity index (χ4n) is 1.67. The maximum absolute atomic E-state index is 12.4. The van der Waals surface area contributed by atoms with E-state index in [2.05, 4.69) is 16.5 Å².